The van der Waals surface area contributed by atoms with E-state index in [4.69, 9.17) is 0 Å². The second-order valence-corrected chi connectivity index (χ2v) is 5.13. The Labute approximate surface area is 97.7 Å². The van der Waals surface area contributed by atoms with Crippen molar-refractivity contribution in [1.82, 2.24) is 5.32 Å². The van der Waals surface area contributed by atoms with E-state index in [9.17, 15) is 13.2 Å². The van der Waals surface area contributed by atoms with Crippen molar-refractivity contribution in [2.75, 3.05) is 6.54 Å². The van der Waals surface area contributed by atoms with Gasteiger partial charge in [0.25, 0.3) is 0 Å². The van der Waals surface area contributed by atoms with Crippen molar-refractivity contribution in [2.45, 2.75) is 38.9 Å². The molecule has 0 aliphatic heterocycles. The SMILES string of the molecule is Cc1ccc(CNCCCCC(F)(F)F)s1. The van der Waals surface area contributed by atoms with Crippen LogP contribution in [-0.4, -0.2) is 12.7 Å². The van der Waals surface area contributed by atoms with Gasteiger partial charge in [-0.05, 0) is 38.4 Å². The maximum Gasteiger partial charge on any atom is 0.389 e. The van der Waals surface area contributed by atoms with E-state index in [0.29, 0.717) is 13.0 Å². The zero-order chi connectivity index (χ0) is 12.0. The zero-order valence-electron chi connectivity index (χ0n) is 9.23. The monoisotopic (exact) mass is 251 g/mol. The molecule has 0 aliphatic rings. The van der Waals surface area contributed by atoms with E-state index < -0.39 is 12.6 Å². The number of rotatable bonds is 6. The van der Waals surface area contributed by atoms with E-state index in [0.717, 1.165) is 6.54 Å². The fourth-order valence-electron chi connectivity index (χ4n) is 1.37. The van der Waals surface area contributed by atoms with Gasteiger partial charge in [0.2, 0.25) is 0 Å². The largest absolute Gasteiger partial charge is 0.389 e. The van der Waals surface area contributed by atoms with Crippen molar-refractivity contribution in [1.29, 1.82) is 0 Å². The number of hydrogen-bond acceptors (Lipinski definition) is 2. The lowest BCUT2D eigenvalue weighted by molar-refractivity contribution is -0.135. The molecular weight excluding hydrogens is 235 g/mol. The molecule has 92 valence electrons. The van der Waals surface area contributed by atoms with Crippen LogP contribution in [-0.2, 0) is 6.54 Å². The minimum Gasteiger partial charge on any atom is -0.312 e. The third-order valence-corrected chi connectivity index (χ3v) is 3.16. The van der Waals surface area contributed by atoms with Gasteiger partial charge in [-0.2, -0.15) is 13.2 Å². The first-order chi connectivity index (χ1) is 7.47. The van der Waals surface area contributed by atoms with Gasteiger partial charge in [0.15, 0.2) is 0 Å². The molecule has 5 heteroatoms. The van der Waals surface area contributed by atoms with Gasteiger partial charge in [0.1, 0.15) is 0 Å². The molecule has 0 fully saturated rings. The molecule has 1 aromatic heterocycles. The minimum atomic E-state index is -4.01. The van der Waals surface area contributed by atoms with Crippen molar-refractivity contribution < 1.29 is 13.2 Å². The quantitative estimate of drug-likeness (QED) is 0.757. The fraction of sp³-hybridized carbons (Fsp3) is 0.636. The first-order valence-corrected chi connectivity index (χ1v) is 6.12. The Hall–Kier alpha value is -0.550. The summed E-state index contributed by atoms with van der Waals surface area (Å²) in [6.07, 6.45) is -3.90. The highest BCUT2D eigenvalue weighted by Crippen LogP contribution is 2.21. The molecule has 0 spiro atoms. The fourth-order valence-corrected chi connectivity index (χ4v) is 2.23. The Kier molecular flexibility index (Phi) is 5.28. The molecule has 1 aromatic rings. The molecule has 0 bridgehead atoms. The third kappa shape index (κ3) is 6.12. The number of unbranched alkanes of at least 4 members (excludes halogenated alkanes) is 1. The Balaban J connectivity index is 2.00. The van der Waals surface area contributed by atoms with Crippen LogP contribution in [0.15, 0.2) is 12.1 Å². The van der Waals surface area contributed by atoms with Gasteiger partial charge >= 0.3 is 6.18 Å². The summed E-state index contributed by atoms with van der Waals surface area (Å²) in [5.74, 6) is 0. The molecule has 0 aromatic carbocycles. The van der Waals surface area contributed by atoms with E-state index in [1.165, 1.54) is 9.75 Å². The number of alkyl halides is 3. The summed E-state index contributed by atoms with van der Waals surface area (Å²) in [6, 6.07) is 4.09. The van der Waals surface area contributed by atoms with Crippen LogP contribution >= 0.6 is 11.3 Å². The van der Waals surface area contributed by atoms with E-state index >= 15 is 0 Å². The molecular formula is C11H16F3NS. The van der Waals surface area contributed by atoms with E-state index in [-0.39, 0.29) is 6.42 Å². The standard InChI is InChI=1S/C11H16F3NS/c1-9-4-5-10(16-9)8-15-7-3-2-6-11(12,13)14/h4-5,15H,2-3,6-8H2,1H3. The molecule has 1 rings (SSSR count). The predicted molar refractivity (Wildman–Crippen MR) is 60.7 cm³/mol. The normalized spacial score (nSPS) is 12.0. The number of thiophene rings is 1. The van der Waals surface area contributed by atoms with Crippen LogP contribution in [0, 0.1) is 6.92 Å². The van der Waals surface area contributed by atoms with Gasteiger partial charge in [-0.15, -0.1) is 11.3 Å². The minimum absolute atomic E-state index is 0.208. The first kappa shape index (κ1) is 13.5. The second kappa shape index (κ2) is 6.25. The van der Waals surface area contributed by atoms with Gasteiger partial charge < -0.3 is 5.32 Å². The molecule has 0 radical (unpaired) electrons. The van der Waals surface area contributed by atoms with Gasteiger partial charge in [-0.25, -0.2) is 0 Å². The first-order valence-electron chi connectivity index (χ1n) is 5.30. The smallest absolute Gasteiger partial charge is 0.312 e. The van der Waals surface area contributed by atoms with Crippen LogP contribution in [0.2, 0.25) is 0 Å². The molecule has 0 atom stereocenters. The van der Waals surface area contributed by atoms with Crippen LogP contribution in [0.4, 0.5) is 13.2 Å². The number of hydrogen-bond donors (Lipinski definition) is 1. The number of nitrogens with one attached hydrogen (secondary N) is 1. The molecule has 1 N–H and O–H groups in total. The average molecular weight is 251 g/mol. The molecule has 0 aliphatic carbocycles. The highest BCUT2D eigenvalue weighted by molar-refractivity contribution is 7.11. The van der Waals surface area contributed by atoms with Crippen molar-refractivity contribution >= 4 is 11.3 Å². The van der Waals surface area contributed by atoms with Crippen LogP contribution in [0.1, 0.15) is 29.0 Å². The number of aryl methyl sites for hydroxylation is 1. The molecule has 0 saturated heterocycles. The number of halogens is 3. The molecule has 1 heterocycles. The summed E-state index contributed by atoms with van der Waals surface area (Å²) in [6.45, 7) is 3.44. The highest BCUT2D eigenvalue weighted by Gasteiger charge is 2.25. The van der Waals surface area contributed by atoms with Crippen LogP contribution in [0.25, 0.3) is 0 Å². The Morgan fingerprint density at radius 3 is 2.56 bits per heavy atom. The summed E-state index contributed by atoms with van der Waals surface area (Å²) in [4.78, 5) is 2.49. The van der Waals surface area contributed by atoms with Crippen LogP contribution < -0.4 is 5.32 Å². The Bertz CT molecular complexity index is 306. The van der Waals surface area contributed by atoms with Crippen molar-refractivity contribution in [2.24, 2.45) is 0 Å². The van der Waals surface area contributed by atoms with Crippen LogP contribution in [0.5, 0.6) is 0 Å². The van der Waals surface area contributed by atoms with E-state index in [1.54, 1.807) is 11.3 Å². The van der Waals surface area contributed by atoms with Gasteiger partial charge in [0, 0.05) is 22.7 Å². The van der Waals surface area contributed by atoms with Crippen molar-refractivity contribution in [3.05, 3.63) is 21.9 Å². The Morgan fingerprint density at radius 2 is 2.00 bits per heavy atom. The molecule has 0 unspecified atom stereocenters. The summed E-state index contributed by atoms with van der Waals surface area (Å²) in [7, 11) is 0. The molecule has 0 amide bonds. The van der Waals surface area contributed by atoms with E-state index in [2.05, 4.69) is 5.32 Å². The van der Waals surface area contributed by atoms with Gasteiger partial charge in [-0.1, -0.05) is 0 Å². The van der Waals surface area contributed by atoms with Crippen molar-refractivity contribution in [3.63, 3.8) is 0 Å². The lowest BCUT2D eigenvalue weighted by atomic mass is 10.2. The Morgan fingerprint density at radius 1 is 1.25 bits per heavy atom. The molecule has 1 nitrogen and oxygen atoms in total. The third-order valence-electron chi connectivity index (χ3n) is 2.16. The maximum absolute atomic E-state index is 11.8. The predicted octanol–water partition coefficient (Wildman–Crippen LogP) is 3.88. The van der Waals surface area contributed by atoms with Gasteiger partial charge in [0.05, 0.1) is 0 Å². The average Bonchev–Trinajstić information content (AvgIpc) is 2.56. The highest BCUT2D eigenvalue weighted by atomic mass is 32.1. The molecule has 16 heavy (non-hydrogen) atoms. The van der Waals surface area contributed by atoms with E-state index in [1.807, 2.05) is 19.1 Å². The summed E-state index contributed by atoms with van der Waals surface area (Å²) >= 11 is 1.71. The summed E-state index contributed by atoms with van der Waals surface area (Å²) in [5, 5.41) is 3.14. The summed E-state index contributed by atoms with van der Waals surface area (Å²) < 4.78 is 35.4. The second-order valence-electron chi connectivity index (χ2n) is 3.76. The zero-order valence-corrected chi connectivity index (χ0v) is 10.0. The topological polar surface area (TPSA) is 12.0 Å². The lowest BCUT2D eigenvalue weighted by Gasteiger charge is -2.06. The maximum atomic E-state index is 11.8. The van der Waals surface area contributed by atoms with Crippen molar-refractivity contribution in [3.8, 4) is 0 Å². The molecule has 0 saturated carbocycles. The van der Waals surface area contributed by atoms with Gasteiger partial charge in [-0.3, -0.25) is 0 Å². The van der Waals surface area contributed by atoms with Crippen LogP contribution in [0.3, 0.4) is 0 Å². The summed E-state index contributed by atoms with van der Waals surface area (Å²) in [5.41, 5.74) is 0. The lowest BCUT2D eigenvalue weighted by Crippen LogP contribution is -2.15.